The van der Waals surface area contributed by atoms with E-state index < -0.39 is 9.84 Å². The maximum atomic E-state index is 11.2. The number of nitrogens with one attached hydrogen (secondary N) is 2. The monoisotopic (exact) mass is 256 g/mol. The first kappa shape index (κ1) is 14.0. The van der Waals surface area contributed by atoms with E-state index in [0.717, 1.165) is 31.6 Å². The van der Waals surface area contributed by atoms with E-state index in [0.29, 0.717) is 4.90 Å². The lowest BCUT2D eigenvalue weighted by Gasteiger charge is -2.06. The van der Waals surface area contributed by atoms with Gasteiger partial charge in [-0.15, -0.1) is 0 Å². The maximum absolute atomic E-state index is 11.2. The van der Waals surface area contributed by atoms with Gasteiger partial charge in [-0.2, -0.15) is 0 Å². The second kappa shape index (κ2) is 6.61. The zero-order valence-electron chi connectivity index (χ0n) is 10.4. The molecule has 0 aromatic heterocycles. The van der Waals surface area contributed by atoms with Crippen molar-refractivity contribution in [1.29, 1.82) is 0 Å². The van der Waals surface area contributed by atoms with Crippen molar-refractivity contribution in [1.82, 2.24) is 5.32 Å². The molecule has 1 aromatic rings. The van der Waals surface area contributed by atoms with E-state index in [-0.39, 0.29) is 0 Å². The van der Waals surface area contributed by atoms with Gasteiger partial charge < -0.3 is 10.6 Å². The Labute approximate surface area is 103 Å². The van der Waals surface area contributed by atoms with Gasteiger partial charge in [0.1, 0.15) is 0 Å². The first-order valence-electron chi connectivity index (χ1n) is 5.72. The van der Waals surface area contributed by atoms with Crippen LogP contribution in [0.2, 0.25) is 0 Å². The van der Waals surface area contributed by atoms with Crippen LogP contribution in [0.15, 0.2) is 29.2 Å². The molecular formula is C12H20N2O2S. The molecule has 96 valence electrons. The lowest BCUT2D eigenvalue weighted by Crippen LogP contribution is -2.10. The van der Waals surface area contributed by atoms with Crippen molar-refractivity contribution < 1.29 is 8.42 Å². The molecule has 0 aliphatic rings. The van der Waals surface area contributed by atoms with E-state index in [4.69, 9.17) is 0 Å². The largest absolute Gasteiger partial charge is 0.385 e. The molecule has 5 heteroatoms. The average Bonchev–Trinajstić information content (AvgIpc) is 2.28. The summed E-state index contributed by atoms with van der Waals surface area (Å²) < 4.78 is 22.5. The van der Waals surface area contributed by atoms with Crippen LogP contribution in [0.3, 0.4) is 0 Å². The Morgan fingerprint density at radius 1 is 1.06 bits per heavy atom. The summed E-state index contributed by atoms with van der Waals surface area (Å²) in [4.78, 5) is 0.359. The molecule has 0 unspecified atom stereocenters. The van der Waals surface area contributed by atoms with E-state index in [1.807, 2.05) is 7.05 Å². The topological polar surface area (TPSA) is 58.2 Å². The van der Waals surface area contributed by atoms with Crippen LogP contribution in [-0.4, -0.2) is 34.8 Å². The maximum Gasteiger partial charge on any atom is 0.175 e. The molecule has 0 fully saturated rings. The van der Waals surface area contributed by atoms with Crippen LogP contribution in [0.25, 0.3) is 0 Å². The Bertz CT molecular complexity index is 426. The van der Waals surface area contributed by atoms with E-state index in [2.05, 4.69) is 10.6 Å². The van der Waals surface area contributed by atoms with Gasteiger partial charge in [-0.05, 0) is 50.7 Å². The SMILES string of the molecule is CNCCCCNc1ccc(S(C)(=O)=O)cc1. The van der Waals surface area contributed by atoms with E-state index in [1.165, 1.54) is 6.26 Å². The molecule has 0 spiro atoms. The molecule has 0 bridgehead atoms. The second-order valence-corrected chi connectivity index (χ2v) is 6.05. The molecule has 0 saturated carbocycles. The van der Waals surface area contributed by atoms with Crippen molar-refractivity contribution in [2.75, 3.05) is 31.7 Å². The quantitative estimate of drug-likeness (QED) is 0.726. The molecule has 0 radical (unpaired) electrons. The van der Waals surface area contributed by atoms with Crippen LogP contribution in [0.4, 0.5) is 5.69 Å². The smallest absolute Gasteiger partial charge is 0.175 e. The van der Waals surface area contributed by atoms with Gasteiger partial charge >= 0.3 is 0 Å². The van der Waals surface area contributed by atoms with E-state index in [9.17, 15) is 8.42 Å². The van der Waals surface area contributed by atoms with E-state index in [1.54, 1.807) is 24.3 Å². The van der Waals surface area contributed by atoms with Crippen molar-refractivity contribution in [3.8, 4) is 0 Å². The summed E-state index contributed by atoms with van der Waals surface area (Å²) in [5, 5.41) is 6.36. The van der Waals surface area contributed by atoms with E-state index >= 15 is 0 Å². The summed E-state index contributed by atoms with van der Waals surface area (Å²) in [6, 6.07) is 6.86. The molecule has 17 heavy (non-hydrogen) atoms. The first-order chi connectivity index (χ1) is 8.04. The van der Waals surface area contributed by atoms with Crippen LogP contribution in [0.1, 0.15) is 12.8 Å². The third kappa shape index (κ3) is 5.19. The summed E-state index contributed by atoms with van der Waals surface area (Å²) in [5.41, 5.74) is 0.960. The highest BCUT2D eigenvalue weighted by atomic mass is 32.2. The molecule has 2 N–H and O–H groups in total. The Kier molecular flexibility index (Phi) is 5.44. The Morgan fingerprint density at radius 3 is 2.18 bits per heavy atom. The summed E-state index contributed by atoms with van der Waals surface area (Å²) in [7, 11) is -1.15. The van der Waals surface area contributed by atoms with Gasteiger partial charge in [0.2, 0.25) is 0 Å². The van der Waals surface area contributed by atoms with Crippen molar-refractivity contribution in [2.45, 2.75) is 17.7 Å². The highest BCUT2D eigenvalue weighted by Gasteiger charge is 2.05. The minimum absolute atomic E-state index is 0.359. The number of benzene rings is 1. The Hall–Kier alpha value is -1.07. The van der Waals surface area contributed by atoms with Gasteiger partial charge in [0, 0.05) is 18.5 Å². The minimum atomic E-state index is -3.09. The molecule has 0 heterocycles. The van der Waals surface area contributed by atoms with Crippen LogP contribution in [-0.2, 0) is 9.84 Å². The molecule has 4 nitrogen and oxygen atoms in total. The molecule has 1 rings (SSSR count). The molecule has 0 saturated heterocycles. The van der Waals surface area contributed by atoms with Gasteiger partial charge in [-0.25, -0.2) is 8.42 Å². The predicted molar refractivity (Wildman–Crippen MR) is 71.2 cm³/mol. The van der Waals surface area contributed by atoms with Gasteiger partial charge in [0.15, 0.2) is 9.84 Å². The highest BCUT2D eigenvalue weighted by molar-refractivity contribution is 7.90. The number of hydrogen-bond acceptors (Lipinski definition) is 4. The van der Waals surface area contributed by atoms with Gasteiger partial charge in [-0.3, -0.25) is 0 Å². The summed E-state index contributed by atoms with van der Waals surface area (Å²) >= 11 is 0. The lowest BCUT2D eigenvalue weighted by molar-refractivity contribution is 0.602. The lowest BCUT2D eigenvalue weighted by atomic mass is 10.3. The molecule has 0 aliphatic carbocycles. The van der Waals surface area contributed by atoms with Crippen LogP contribution >= 0.6 is 0 Å². The second-order valence-electron chi connectivity index (χ2n) is 4.03. The van der Waals surface area contributed by atoms with Crippen LogP contribution in [0.5, 0.6) is 0 Å². The fourth-order valence-corrected chi connectivity index (χ4v) is 2.11. The zero-order valence-corrected chi connectivity index (χ0v) is 11.2. The molecular weight excluding hydrogens is 236 g/mol. The molecule has 0 aliphatic heterocycles. The number of rotatable bonds is 7. The minimum Gasteiger partial charge on any atom is -0.385 e. The summed E-state index contributed by atoms with van der Waals surface area (Å²) in [6.45, 7) is 1.93. The van der Waals surface area contributed by atoms with Crippen LogP contribution < -0.4 is 10.6 Å². The predicted octanol–water partition coefficient (Wildman–Crippen LogP) is 1.50. The number of unbranched alkanes of at least 4 members (excludes halogenated alkanes) is 1. The summed E-state index contributed by atoms with van der Waals surface area (Å²) in [6.07, 6.45) is 3.44. The molecule has 0 amide bonds. The normalized spacial score (nSPS) is 11.4. The molecule has 0 atom stereocenters. The Morgan fingerprint density at radius 2 is 1.65 bits per heavy atom. The zero-order chi connectivity index (χ0) is 12.7. The standard InChI is InChI=1S/C12H20N2O2S/c1-13-9-3-4-10-14-11-5-7-12(8-6-11)17(2,15)16/h5-8,13-14H,3-4,9-10H2,1-2H3. The van der Waals surface area contributed by atoms with Crippen LogP contribution in [0, 0.1) is 0 Å². The summed E-state index contributed by atoms with van der Waals surface area (Å²) in [5.74, 6) is 0. The van der Waals surface area contributed by atoms with Crippen molar-refractivity contribution in [2.24, 2.45) is 0 Å². The first-order valence-corrected chi connectivity index (χ1v) is 7.62. The fourth-order valence-electron chi connectivity index (χ4n) is 1.48. The number of sulfone groups is 1. The van der Waals surface area contributed by atoms with Crippen molar-refractivity contribution in [3.63, 3.8) is 0 Å². The number of anilines is 1. The third-order valence-electron chi connectivity index (χ3n) is 2.47. The van der Waals surface area contributed by atoms with Crippen molar-refractivity contribution in [3.05, 3.63) is 24.3 Å². The fraction of sp³-hybridized carbons (Fsp3) is 0.500. The number of hydrogen-bond donors (Lipinski definition) is 2. The van der Waals surface area contributed by atoms with Gasteiger partial charge in [0.05, 0.1) is 4.90 Å². The highest BCUT2D eigenvalue weighted by Crippen LogP contribution is 2.13. The van der Waals surface area contributed by atoms with Gasteiger partial charge in [-0.1, -0.05) is 0 Å². The average molecular weight is 256 g/mol. The molecule has 1 aromatic carbocycles. The third-order valence-corrected chi connectivity index (χ3v) is 3.59. The van der Waals surface area contributed by atoms with Gasteiger partial charge in [0.25, 0.3) is 0 Å². The van der Waals surface area contributed by atoms with Crippen molar-refractivity contribution >= 4 is 15.5 Å². The Balaban J connectivity index is 2.41.